The molecular formula is C16H20N6O4. The molecule has 2 aromatic rings. The summed E-state index contributed by atoms with van der Waals surface area (Å²) in [6.45, 7) is -0.656. The van der Waals surface area contributed by atoms with Gasteiger partial charge in [0.25, 0.3) is 5.91 Å². The van der Waals surface area contributed by atoms with Gasteiger partial charge in [0.1, 0.15) is 6.33 Å². The predicted molar refractivity (Wildman–Crippen MR) is 89.7 cm³/mol. The maximum Gasteiger partial charge on any atom is 0.331 e. The van der Waals surface area contributed by atoms with E-state index in [1.54, 1.807) is 14.1 Å². The number of rotatable bonds is 8. The van der Waals surface area contributed by atoms with Crippen LogP contribution in [0.15, 0.2) is 36.7 Å². The second-order valence-corrected chi connectivity index (χ2v) is 5.67. The minimum atomic E-state index is -0.802. The molecule has 0 bridgehead atoms. The maximum atomic E-state index is 12.4. The van der Waals surface area contributed by atoms with E-state index in [0.717, 1.165) is 5.56 Å². The highest BCUT2D eigenvalue weighted by molar-refractivity contribution is 5.86. The van der Waals surface area contributed by atoms with Crippen LogP contribution in [0.3, 0.4) is 0 Å². The van der Waals surface area contributed by atoms with Gasteiger partial charge >= 0.3 is 5.97 Å². The van der Waals surface area contributed by atoms with Gasteiger partial charge in [0, 0.05) is 20.5 Å². The highest BCUT2D eigenvalue weighted by atomic mass is 16.5. The molecule has 2 amide bonds. The van der Waals surface area contributed by atoms with Crippen molar-refractivity contribution < 1.29 is 19.1 Å². The summed E-state index contributed by atoms with van der Waals surface area (Å²) in [6, 6.07) is 8.50. The Hall–Kier alpha value is -3.30. The molecule has 0 unspecified atom stereocenters. The molecule has 2 rings (SSSR count). The Morgan fingerprint density at radius 3 is 2.58 bits per heavy atom. The van der Waals surface area contributed by atoms with E-state index < -0.39 is 24.5 Å². The fourth-order valence-electron chi connectivity index (χ4n) is 2.05. The van der Waals surface area contributed by atoms with E-state index in [1.807, 2.05) is 30.3 Å². The fourth-order valence-corrected chi connectivity index (χ4v) is 2.05. The van der Waals surface area contributed by atoms with Crippen LogP contribution in [-0.4, -0.2) is 70.1 Å². The molecule has 26 heavy (non-hydrogen) atoms. The van der Waals surface area contributed by atoms with Crippen LogP contribution in [0, 0.1) is 0 Å². The summed E-state index contributed by atoms with van der Waals surface area (Å²) in [5.74, 6) is -1.47. The Kier molecular flexibility index (Phi) is 6.77. The summed E-state index contributed by atoms with van der Waals surface area (Å²) in [7, 11) is 3.16. The SMILES string of the molecule is CN(C)C(=O)CNC(=O)COC(=O)[C@@H](Cc1ccccc1)n1cnnn1. The highest BCUT2D eigenvalue weighted by Gasteiger charge is 2.24. The Morgan fingerprint density at radius 2 is 1.96 bits per heavy atom. The van der Waals surface area contributed by atoms with Crippen LogP contribution < -0.4 is 5.32 Å². The van der Waals surface area contributed by atoms with E-state index in [0.29, 0.717) is 6.42 Å². The van der Waals surface area contributed by atoms with E-state index in [2.05, 4.69) is 20.8 Å². The monoisotopic (exact) mass is 360 g/mol. The predicted octanol–water partition coefficient (Wildman–Crippen LogP) is -0.795. The van der Waals surface area contributed by atoms with Crippen molar-refractivity contribution in [1.82, 2.24) is 30.4 Å². The molecule has 0 saturated carbocycles. The number of nitrogens with one attached hydrogen (secondary N) is 1. The van der Waals surface area contributed by atoms with Gasteiger partial charge < -0.3 is 15.0 Å². The third-order valence-electron chi connectivity index (χ3n) is 3.51. The summed E-state index contributed by atoms with van der Waals surface area (Å²) >= 11 is 0. The molecule has 1 heterocycles. The van der Waals surface area contributed by atoms with E-state index >= 15 is 0 Å². The van der Waals surface area contributed by atoms with Crippen molar-refractivity contribution in [2.75, 3.05) is 27.2 Å². The first-order valence-electron chi connectivity index (χ1n) is 7.87. The van der Waals surface area contributed by atoms with E-state index in [1.165, 1.54) is 15.9 Å². The van der Waals surface area contributed by atoms with Gasteiger partial charge in [0.2, 0.25) is 5.91 Å². The van der Waals surface area contributed by atoms with Crippen LogP contribution in [0.5, 0.6) is 0 Å². The van der Waals surface area contributed by atoms with Gasteiger partial charge in [-0.2, -0.15) is 0 Å². The van der Waals surface area contributed by atoms with Gasteiger partial charge in [-0.3, -0.25) is 9.59 Å². The van der Waals surface area contributed by atoms with Crippen molar-refractivity contribution in [3.63, 3.8) is 0 Å². The molecule has 138 valence electrons. The third-order valence-corrected chi connectivity index (χ3v) is 3.51. The molecule has 0 saturated heterocycles. The standard InChI is InChI=1S/C16H20N6O4/c1-21(2)15(24)9-17-14(23)10-26-16(25)13(22-11-18-19-20-22)8-12-6-4-3-5-7-12/h3-7,11,13H,8-10H2,1-2H3,(H,17,23)/t13-/m1/s1. The molecular weight excluding hydrogens is 340 g/mol. The maximum absolute atomic E-state index is 12.4. The van der Waals surface area contributed by atoms with Crippen LogP contribution in [0.2, 0.25) is 0 Å². The van der Waals surface area contributed by atoms with E-state index in [4.69, 9.17) is 4.74 Å². The molecule has 1 N–H and O–H groups in total. The largest absolute Gasteiger partial charge is 0.454 e. The number of esters is 1. The number of hydrogen-bond donors (Lipinski definition) is 1. The van der Waals surface area contributed by atoms with Crippen molar-refractivity contribution in [3.8, 4) is 0 Å². The summed E-state index contributed by atoms with van der Waals surface area (Å²) in [5.41, 5.74) is 0.894. The zero-order chi connectivity index (χ0) is 18.9. The molecule has 0 spiro atoms. The normalized spacial score (nSPS) is 11.5. The minimum absolute atomic E-state index is 0.163. The number of nitrogens with zero attached hydrogens (tertiary/aromatic N) is 5. The van der Waals surface area contributed by atoms with Crippen LogP contribution in [-0.2, 0) is 25.5 Å². The van der Waals surface area contributed by atoms with Crippen molar-refractivity contribution in [3.05, 3.63) is 42.2 Å². The number of amides is 2. The van der Waals surface area contributed by atoms with Crippen LogP contribution in [0.25, 0.3) is 0 Å². The van der Waals surface area contributed by atoms with Gasteiger partial charge in [0.05, 0.1) is 6.54 Å². The molecule has 0 aliphatic carbocycles. The van der Waals surface area contributed by atoms with Crippen molar-refractivity contribution >= 4 is 17.8 Å². The van der Waals surface area contributed by atoms with Gasteiger partial charge in [-0.1, -0.05) is 30.3 Å². The second kappa shape index (κ2) is 9.25. The van der Waals surface area contributed by atoms with Gasteiger partial charge in [0.15, 0.2) is 12.6 Å². The van der Waals surface area contributed by atoms with Crippen LogP contribution in [0.4, 0.5) is 0 Å². The van der Waals surface area contributed by atoms with E-state index in [-0.39, 0.29) is 12.5 Å². The van der Waals surface area contributed by atoms with Crippen molar-refractivity contribution in [2.45, 2.75) is 12.5 Å². The van der Waals surface area contributed by atoms with Gasteiger partial charge in [-0.25, -0.2) is 9.48 Å². The number of hydrogen-bond acceptors (Lipinski definition) is 7. The summed E-state index contributed by atoms with van der Waals surface area (Å²) in [6.07, 6.45) is 1.62. The zero-order valence-electron chi connectivity index (χ0n) is 14.5. The smallest absolute Gasteiger partial charge is 0.331 e. The Balaban J connectivity index is 1.92. The van der Waals surface area contributed by atoms with E-state index in [9.17, 15) is 14.4 Å². The molecule has 1 atom stereocenters. The average molecular weight is 360 g/mol. The number of likely N-dealkylation sites (N-methyl/N-ethyl adjacent to an activating group) is 1. The highest BCUT2D eigenvalue weighted by Crippen LogP contribution is 2.14. The molecule has 0 aliphatic heterocycles. The zero-order valence-corrected chi connectivity index (χ0v) is 14.5. The second-order valence-electron chi connectivity index (χ2n) is 5.67. The number of aromatic nitrogens is 4. The number of carbonyl (C=O) groups excluding carboxylic acids is 3. The van der Waals surface area contributed by atoms with Crippen LogP contribution in [0.1, 0.15) is 11.6 Å². The number of ether oxygens (including phenoxy) is 1. The Bertz CT molecular complexity index is 732. The molecule has 1 aromatic heterocycles. The minimum Gasteiger partial charge on any atom is -0.454 e. The summed E-state index contributed by atoms with van der Waals surface area (Å²) in [4.78, 5) is 36.9. The lowest BCUT2D eigenvalue weighted by atomic mass is 10.1. The molecule has 0 fully saturated rings. The van der Waals surface area contributed by atoms with Gasteiger partial charge in [-0.05, 0) is 16.0 Å². The number of benzene rings is 1. The lowest BCUT2D eigenvalue weighted by Crippen LogP contribution is -2.38. The number of tetrazole rings is 1. The first-order valence-corrected chi connectivity index (χ1v) is 7.87. The molecule has 1 aromatic carbocycles. The number of carbonyl (C=O) groups is 3. The Labute approximate surface area is 150 Å². The lowest BCUT2D eigenvalue weighted by Gasteiger charge is -2.16. The first-order chi connectivity index (χ1) is 12.5. The van der Waals surface area contributed by atoms with Crippen molar-refractivity contribution in [2.24, 2.45) is 0 Å². The lowest BCUT2D eigenvalue weighted by molar-refractivity contribution is -0.152. The molecule has 0 aliphatic rings. The summed E-state index contributed by atoms with van der Waals surface area (Å²) < 4.78 is 6.34. The topological polar surface area (TPSA) is 119 Å². The third kappa shape index (κ3) is 5.65. The fraction of sp³-hybridized carbons (Fsp3) is 0.375. The Morgan fingerprint density at radius 1 is 1.23 bits per heavy atom. The quantitative estimate of drug-likeness (QED) is 0.612. The average Bonchev–Trinajstić information content (AvgIpc) is 3.17. The van der Waals surface area contributed by atoms with Gasteiger partial charge in [-0.15, -0.1) is 5.10 Å². The van der Waals surface area contributed by atoms with Crippen LogP contribution >= 0.6 is 0 Å². The summed E-state index contributed by atoms with van der Waals surface area (Å²) in [5, 5.41) is 13.2. The first kappa shape index (κ1) is 19.0. The van der Waals surface area contributed by atoms with Crippen molar-refractivity contribution in [1.29, 1.82) is 0 Å². The molecule has 0 radical (unpaired) electrons. The molecule has 10 nitrogen and oxygen atoms in total. The molecule has 10 heteroatoms.